The standard InChI is InChI=1S/C50H41N/c1-3-17-43(50(42-22-11-6-12-23-42)48-26-15-13-24-46(48)47-25-14-16-27-49(47)50)36-37(2)51(44-32-28-40(29-33-44)38-18-7-4-8-19-38)45-34-30-41(31-35-45)39-20-9-5-10-21-39/h3-37H,1-2H3/b17-3-,43-36+. The van der Waals surface area contributed by atoms with Crippen LogP contribution in [0.1, 0.15) is 30.5 Å². The molecule has 0 N–H and O–H groups in total. The summed E-state index contributed by atoms with van der Waals surface area (Å²) in [6.45, 7) is 4.46. The van der Waals surface area contributed by atoms with Crippen molar-refractivity contribution in [3.05, 3.63) is 229 Å². The molecule has 0 bridgehead atoms. The summed E-state index contributed by atoms with van der Waals surface area (Å²) < 4.78 is 0. The van der Waals surface area contributed by atoms with Crippen LogP contribution in [0.4, 0.5) is 11.4 Å². The Bertz CT molecular complexity index is 2170. The van der Waals surface area contributed by atoms with E-state index >= 15 is 0 Å². The van der Waals surface area contributed by atoms with Crippen LogP contribution in [0.25, 0.3) is 33.4 Å². The van der Waals surface area contributed by atoms with E-state index in [1.54, 1.807) is 0 Å². The second-order valence-electron chi connectivity index (χ2n) is 13.3. The summed E-state index contributed by atoms with van der Waals surface area (Å²) in [4.78, 5) is 2.47. The Morgan fingerprint density at radius 3 is 1.31 bits per heavy atom. The van der Waals surface area contributed by atoms with Crippen LogP contribution in [0.15, 0.2) is 212 Å². The number of fused-ring (bicyclic) bond motifs is 3. The number of anilines is 2. The van der Waals surface area contributed by atoms with Gasteiger partial charge in [0.05, 0.1) is 5.41 Å². The molecule has 1 heteroatoms. The molecule has 246 valence electrons. The first-order valence-corrected chi connectivity index (χ1v) is 17.9. The minimum Gasteiger partial charge on any atom is -0.335 e. The summed E-state index contributed by atoms with van der Waals surface area (Å²) in [7, 11) is 0. The number of hydrogen-bond acceptors (Lipinski definition) is 1. The molecule has 0 radical (unpaired) electrons. The summed E-state index contributed by atoms with van der Waals surface area (Å²) in [6.07, 6.45) is 7.01. The van der Waals surface area contributed by atoms with Crippen LogP contribution in [0.3, 0.4) is 0 Å². The van der Waals surface area contributed by atoms with Gasteiger partial charge in [0.25, 0.3) is 0 Å². The highest BCUT2D eigenvalue weighted by molar-refractivity contribution is 5.87. The minimum atomic E-state index is -0.477. The number of rotatable bonds is 9. The third-order valence-corrected chi connectivity index (χ3v) is 10.3. The van der Waals surface area contributed by atoms with Crippen LogP contribution < -0.4 is 4.90 Å². The van der Waals surface area contributed by atoms with Crippen LogP contribution in [-0.2, 0) is 5.41 Å². The van der Waals surface area contributed by atoms with Gasteiger partial charge in [-0.15, -0.1) is 0 Å². The van der Waals surface area contributed by atoms with Gasteiger partial charge in [-0.25, -0.2) is 0 Å². The van der Waals surface area contributed by atoms with Gasteiger partial charge in [-0.05, 0) is 93.8 Å². The summed E-state index contributed by atoms with van der Waals surface area (Å²) in [5.74, 6) is 0. The molecule has 0 heterocycles. The van der Waals surface area contributed by atoms with Crippen molar-refractivity contribution >= 4 is 11.4 Å². The predicted molar refractivity (Wildman–Crippen MR) is 216 cm³/mol. The molecule has 7 aromatic rings. The van der Waals surface area contributed by atoms with Gasteiger partial charge < -0.3 is 4.90 Å². The average Bonchev–Trinajstić information content (AvgIpc) is 3.50. The van der Waals surface area contributed by atoms with Crippen molar-refractivity contribution in [2.45, 2.75) is 25.3 Å². The van der Waals surface area contributed by atoms with Crippen molar-refractivity contribution < 1.29 is 0 Å². The number of benzene rings is 7. The van der Waals surface area contributed by atoms with E-state index in [9.17, 15) is 0 Å². The number of nitrogens with zero attached hydrogens (tertiary/aromatic N) is 1. The molecule has 0 aromatic heterocycles. The summed E-state index contributed by atoms with van der Waals surface area (Å²) >= 11 is 0. The van der Waals surface area contributed by atoms with Crippen LogP contribution >= 0.6 is 0 Å². The molecule has 8 rings (SSSR count). The van der Waals surface area contributed by atoms with Gasteiger partial charge in [-0.2, -0.15) is 0 Å². The first-order chi connectivity index (χ1) is 25.2. The molecular weight excluding hydrogens is 615 g/mol. The van der Waals surface area contributed by atoms with Crippen LogP contribution in [-0.4, -0.2) is 6.04 Å². The maximum Gasteiger partial charge on any atom is 0.0711 e. The Labute approximate surface area is 302 Å². The first-order valence-electron chi connectivity index (χ1n) is 17.9. The molecule has 0 amide bonds. The van der Waals surface area contributed by atoms with E-state index in [0.29, 0.717) is 0 Å². The molecule has 1 atom stereocenters. The van der Waals surface area contributed by atoms with Gasteiger partial charge in [0.1, 0.15) is 0 Å². The van der Waals surface area contributed by atoms with Crippen LogP contribution in [0.5, 0.6) is 0 Å². The monoisotopic (exact) mass is 655 g/mol. The van der Waals surface area contributed by atoms with Gasteiger partial charge in [-0.3, -0.25) is 0 Å². The predicted octanol–water partition coefficient (Wildman–Crippen LogP) is 13.1. The zero-order chi connectivity index (χ0) is 34.6. The van der Waals surface area contributed by atoms with Gasteiger partial charge >= 0.3 is 0 Å². The lowest BCUT2D eigenvalue weighted by atomic mass is 9.66. The highest BCUT2D eigenvalue weighted by Crippen LogP contribution is 2.56. The van der Waals surface area contributed by atoms with Crippen molar-refractivity contribution in [2.24, 2.45) is 0 Å². The molecular formula is C50H41N. The molecule has 0 spiro atoms. The van der Waals surface area contributed by atoms with Crippen LogP contribution in [0.2, 0.25) is 0 Å². The normalized spacial score (nSPS) is 13.8. The van der Waals surface area contributed by atoms with Crippen molar-refractivity contribution in [1.82, 2.24) is 0 Å². The maximum atomic E-state index is 2.49. The largest absolute Gasteiger partial charge is 0.335 e. The van der Waals surface area contributed by atoms with E-state index in [-0.39, 0.29) is 6.04 Å². The zero-order valence-corrected chi connectivity index (χ0v) is 29.2. The van der Waals surface area contributed by atoms with E-state index in [1.807, 2.05) is 0 Å². The highest BCUT2D eigenvalue weighted by Gasteiger charge is 2.46. The van der Waals surface area contributed by atoms with E-state index in [2.05, 4.69) is 225 Å². The van der Waals surface area contributed by atoms with E-state index < -0.39 is 5.41 Å². The Morgan fingerprint density at radius 2 is 0.863 bits per heavy atom. The lowest BCUT2D eigenvalue weighted by Gasteiger charge is -2.37. The smallest absolute Gasteiger partial charge is 0.0711 e. The van der Waals surface area contributed by atoms with Crippen molar-refractivity contribution in [2.75, 3.05) is 4.90 Å². The molecule has 1 unspecified atom stereocenters. The molecule has 51 heavy (non-hydrogen) atoms. The lowest BCUT2D eigenvalue weighted by molar-refractivity contribution is 0.746. The SMILES string of the molecule is C/C=C\C(=C/C(C)N(c1ccc(-c2ccccc2)cc1)c1ccc(-c2ccccc2)cc1)C1(c2ccccc2)c2ccccc2-c2ccccc21. The van der Waals surface area contributed by atoms with Gasteiger partial charge in [0, 0.05) is 17.4 Å². The topological polar surface area (TPSA) is 3.24 Å². The minimum absolute atomic E-state index is 0.00172. The molecule has 0 saturated heterocycles. The third-order valence-electron chi connectivity index (χ3n) is 10.3. The Morgan fingerprint density at radius 1 is 0.471 bits per heavy atom. The van der Waals surface area contributed by atoms with Crippen molar-refractivity contribution in [3.8, 4) is 33.4 Å². The fraction of sp³-hybridized carbons (Fsp3) is 0.0800. The molecule has 1 aliphatic carbocycles. The fourth-order valence-electron chi connectivity index (χ4n) is 8.04. The second kappa shape index (κ2) is 14.0. The zero-order valence-electron chi connectivity index (χ0n) is 29.2. The maximum absolute atomic E-state index is 2.49. The molecule has 0 fully saturated rings. The highest BCUT2D eigenvalue weighted by atomic mass is 15.2. The van der Waals surface area contributed by atoms with E-state index in [0.717, 1.165) is 11.4 Å². The van der Waals surface area contributed by atoms with E-state index in [4.69, 9.17) is 0 Å². The van der Waals surface area contributed by atoms with Crippen molar-refractivity contribution in [3.63, 3.8) is 0 Å². The van der Waals surface area contributed by atoms with Crippen molar-refractivity contribution in [1.29, 1.82) is 0 Å². The van der Waals surface area contributed by atoms with Gasteiger partial charge in [-0.1, -0.05) is 182 Å². The number of hydrogen-bond donors (Lipinski definition) is 0. The molecule has 1 aliphatic rings. The Hall–Kier alpha value is -6.18. The first kappa shape index (κ1) is 32.0. The molecule has 7 aromatic carbocycles. The second-order valence-corrected chi connectivity index (χ2v) is 13.3. The average molecular weight is 656 g/mol. The quantitative estimate of drug-likeness (QED) is 0.140. The fourth-order valence-corrected chi connectivity index (χ4v) is 8.04. The lowest BCUT2D eigenvalue weighted by Crippen LogP contribution is -2.32. The molecule has 1 nitrogen and oxygen atoms in total. The summed E-state index contributed by atoms with van der Waals surface area (Å²) in [5, 5.41) is 0. The van der Waals surface area contributed by atoms with Gasteiger partial charge in [0.15, 0.2) is 0 Å². The third kappa shape index (κ3) is 5.81. The molecule has 0 saturated carbocycles. The summed E-state index contributed by atoms with van der Waals surface area (Å²) in [6, 6.07) is 68.2. The Balaban J connectivity index is 1.31. The Kier molecular flexibility index (Phi) is 8.78. The summed E-state index contributed by atoms with van der Waals surface area (Å²) in [5.41, 5.74) is 14.4. The van der Waals surface area contributed by atoms with Crippen LogP contribution in [0, 0.1) is 0 Å². The van der Waals surface area contributed by atoms with E-state index in [1.165, 1.54) is 55.6 Å². The molecule has 0 aliphatic heterocycles. The van der Waals surface area contributed by atoms with Gasteiger partial charge in [0.2, 0.25) is 0 Å². The number of allylic oxidation sites excluding steroid dienone is 3.